The number of hydrogen-bond donors (Lipinski definition) is 0. The van der Waals surface area contributed by atoms with Gasteiger partial charge in [0.05, 0.1) is 21.3 Å². The van der Waals surface area contributed by atoms with E-state index in [9.17, 15) is 9.59 Å². The molecule has 9 heteroatoms. The summed E-state index contributed by atoms with van der Waals surface area (Å²) in [6.07, 6.45) is 4.37. The quantitative estimate of drug-likeness (QED) is 0.389. The first-order valence-electron chi connectivity index (χ1n) is 11.1. The van der Waals surface area contributed by atoms with Crippen LogP contribution < -0.4 is 25.5 Å². The van der Waals surface area contributed by atoms with E-state index in [1.54, 1.807) is 28.4 Å². The second-order valence-corrected chi connectivity index (χ2v) is 8.03. The Kier molecular flexibility index (Phi) is 6.77. The number of rotatable bonds is 8. The predicted molar refractivity (Wildman–Crippen MR) is 135 cm³/mol. The lowest BCUT2D eigenvalue weighted by atomic mass is 10.1. The van der Waals surface area contributed by atoms with Crippen molar-refractivity contribution >= 4 is 23.3 Å². The summed E-state index contributed by atoms with van der Waals surface area (Å²) in [5.74, 6) is 2.12. The minimum absolute atomic E-state index is 0.343. The van der Waals surface area contributed by atoms with Gasteiger partial charge in [0.15, 0.2) is 22.7 Å². The zero-order valence-corrected chi connectivity index (χ0v) is 20.4. The summed E-state index contributed by atoms with van der Waals surface area (Å²) in [4.78, 5) is 30.2. The Morgan fingerprint density at radius 1 is 0.886 bits per heavy atom. The van der Waals surface area contributed by atoms with Crippen molar-refractivity contribution in [1.82, 2.24) is 18.7 Å². The van der Waals surface area contributed by atoms with Gasteiger partial charge in [-0.15, -0.1) is 0 Å². The van der Waals surface area contributed by atoms with Crippen molar-refractivity contribution in [2.24, 2.45) is 14.1 Å². The van der Waals surface area contributed by atoms with Crippen molar-refractivity contribution in [1.29, 1.82) is 0 Å². The third-order valence-corrected chi connectivity index (χ3v) is 5.96. The molecule has 2 aromatic carbocycles. The number of methoxy groups -OCH3 is 3. The maximum absolute atomic E-state index is 13.1. The molecule has 0 N–H and O–H groups in total. The maximum Gasteiger partial charge on any atom is 0.332 e. The molecule has 0 spiro atoms. The van der Waals surface area contributed by atoms with E-state index in [0.717, 1.165) is 15.7 Å². The van der Waals surface area contributed by atoms with Crippen LogP contribution in [-0.4, -0.2) is 40.0 Å². The van der Waals surface area contributed by atoms with Gasteiger partial charge in [-0.1, -0.05) is 36.4 Å². The van der Waals surface area contributed by atoms with E-state index in [1.807, 2.05) is 59.2 Å². The molecule has 0 unspecified atom stereocenters. The highest BCUT2D eigenvalue weighted by atomic mass is 16.5. The first-order valence-corrected chi connectivity index (χ1v) is 11.1. The number of nitrogens with zero attached hydrogens (tertiary/aromatic N) is 4. The second-order valence-electron chi connectivity index (χ2n) is 8.03. The van der Waals surface area contributed by atoms with E-state index < -0.39 is 5.69 Å². The third kappa shape index (κ3) is 4.44. The van der Waals surface area contributed by atoms with Gasteiger partial charge in [0.25, 0.3) is 5.56 Å². The number of aryl methyl sites for hydroxylation is 3. The number of ether oxygens (including phenoxy) is 3. The average molecular weight is 477 g/mol. The Morgan fingerprint density at radius 3 is 2.14 bits per heavy atom. The minimum Gasteiger partial charge on any atom is -0.493 e. The van der Waals surface area contributed by atoms with Crippen LogP contribution in [0.3, 0.4) is 0 Å². The molecular formula is C26H28N4O5. The van der Waals surface area contributed by atoms with E-state index in [0.29, 0.717) is 47.2 Å². The van der Waals surface area contributed by atoms with Gasteiger partial charge in [-0.05, 0) is 35.8 Å². The number of aromatic nitrogens is 4. The van der Waals surface area contributed by atoms with Crippen LogP contribution >= 0.6 is 0 Å². The van der Waals surface area contributed by atoms with Gasteiger partial charge in [0.2, 0.25) is 5.75 Å². The second kappa shape index (κ2) is 9.92. The summed E-state index contributed by atoms with van der Waals surface area (Å²) in [6, 6.07) is 13.7. The highest BCUT2D eigenvalue weighted by Crippen LogP contribution is 2.38. The zero-order chi connectivity index (χ0) is 25.1. The van der Waals surface area contributed by atoms with Crippen LogP contribution in [0.4, 0.5) is 0 Å². The summed E-state index contributed by atoms with van der Waals surface area (Å²) in [5.41, 5.74) is 1.86. The van der Waals surface area contributed by atoms with Crippen LogP contribution in [-0.2, 0) is 27.1 Å². The Bertz CT molecular complexity index is 1490. The Labute approximate surface area is 202 Å². The van der Waals surface area contributed by atoms with Gasteiger partial charge in [-0.25, -0.2) is 9.78 Å². The van der Waals surface area contributed by atoms with Crippen molar-refractivity contribution in [3.05, 3.63) is 80.3 Å². The third-order valence-electron chi connectivity index (χ3n) is 5.96. The number of imidazole rings is 1. The summed E-state index contributed by atoms with van der Waals surface area (Å²) in [6.45, 7) is 0.517. The van der Waals surface area contributed by atoms with Gasteiger partial charge in [0.1, 0.15) is 5.82 Å². The fraction of sp³-hybridized carbons (Fsp3) is 0.269. The summed E-state index contributed by atoms with van der Waals surface area (Å²) in [7, 11) is 7.76. The molecule has 0 radical (unpaired) electrons. The number of benzene rings is 2. The van der Waals surface area contributed by atoms with E-state index in [2.05, 4.69) is 4.98 Å². The van der Waals surface area contributed by atoms with Crippen molar-refractivity contribution in [2.45, 2.75) is 13.0 Å². The van der Waals surface area contributed by atoms with E-state index in [1.165, 1.54) is 11.6 Å². The van der Waals surface area contributed by atoms with Crippen LogP contribution in [0.5, 0.6) is 17.2 Å². The molecule has 4 aromatic rings. The molecule has 2 heterocycles. The summed E-state index contributed by atoms with van der Waals surface area (Å²) in [5, 5.41) is 0. The molecule has 0 bridgehead atoms. The van der Waals surface area contributed by atoms with Gasteiger partial charge < -0.3 is 18.8 Å². The molecule has 35 heavy (non-hydrogen) atoms. The topological polar surface area (TPSA) is 89.5 Å². The maximum atomic E-state index is 13.1. The fourth-order valence-electron chi connectivity index (χ4n) is 4.07. The lowest BCUT2D eigenvalue weighted by Crippen LogP contribution is -2.37. The van der Waals surface area contributed by atoms with Crippen molar-refractivity contribution in [3.8, 4) is 17.2 Å². The molecule has 0 aliphatic rings. The molecule has 0 aliphatic heterocycles. The monoisotopic (exact) mass is 476 g/mol. The van der Waals surface area contributed by atoms with Crippen LogP contribution in [0.25, 0.3) is 23.3 Å². The SMILES string of the molecule is COc1cc(/C=C/c2nc3c(c(=O)n(C)c(=O)n3C)n2CCc2ccccc2)cc(OC)c1OC. The molecule has 0 fully saturated rings. The van der Waals surface area contributed by atoms with Gasteiger partial charge >= 0.3 is 5.69 Å². The van der Waals surface area contributed by atoms with E-state index in [4.69, 9.17) is 14.2 Å². The van der Waals surface area contributed by atoms with E-state index in [-0.39, 0.29) is 5.56 Å². The van der Waals surface area contributed by atoms with Crippen LogP contribution in [0.2, 0.25) is 0 Å². The number of fused-ring (bicyclic) bond motifs is 1. The standard InChI is InChI=1S/C26H28N4O5/c1-28-24-22(25(31)29(2)26(28)32)30(14-13-17-9-7-6-8-10-17)21(27-24)12-11-18-15-19(33-3)23(35-5)20(16-18)34-4/h6-12,15-16H,13-14H2,1-5H3/b12-11+. The molecule has 9 nitrogen and oxygen atoms in total. The smallest absolute Gasteiger partial charge is 0.332 e. The van der Waals surface area contributed by atoms with Gasteiger partial charge in [-0.3, -0.25) is 13.9 Å². The minimum atomic E-state index is -0.421. The summed E-state index contributed by atoms with van der Waals surface area (Å²) >= 11 is 0. The van der Waals surface area contributed by atoms with Crippen LogP contribution in [0.1, 0.15) is 17.0 Å². The Hall–Kier alpha value is -4.27. The predicted octanol–water partition coefficient (Wildman–Crippen LogP) is 2.87. The van der Waals surface area contributed by atoms with Crippen molar-refractivity contribution in [3.63, 3.8) is 0 Å². The van der Waals surface area contributed by atoms with Gasteiger partial charge in [-0.2, -0.15) is 0 Å². The highest BCUT2D eigenvalue weighted by Gasteiger charge is 2.18. The first kappa shape index (κ1) is 23.9. The highest BCUT2D eigenvalue weighted by molar-refractivity contribution is 5.77. The molecule has 4 rings (SSSR count). The van der Waals surface area contributed by atoms with Crippen molar-refractivity contribution in [2.75, 3.05) is 21.3 Å². The number of hydrogen-bond acceptors (Lipinski definition) is 6. The molecule has 0 atom stereocenters. The largest absolute Gasteiger partial charge is 0.493 e. The molecule has 0 saturated heterocycles. The normalized spacial score (nSPS) is 11.3. The zero-order valence-electron chi connectivity index (χ0n) is 20.4. The van der Waals surface area contributed by atoms with Crippen LogP contribution in [0, 0.1) is 0 Å². The Morgan fingerprint density at radius 2 is 1.54 bits per heavy atom. The molecule has 2 aromatic heterocycles. The van der Waals surface area contributed by atoms with Crippen LogP contribution in [0.15, 0.2) is 52.1 Å². The van der Waals surface area contributed by atoms with Crippen molar-refractivity contribution < 1.29 is 14.2 Å². The summed E-state index contributed by atoms with van der Waals surface area (Å²) < 4.78 is 20.7. The lowest BCUT2D eigenvalue weighted by Gasteiger charge is -2.13. The molecule has 0 aliphatic carbocycles. The first-order chi connectivity index (χ1) is 16.9. The Balaban J connectivity index is 1.84. The molecular weight excluding hydrogens is 448 g/mol. The average Bonchev–Trinajstić information content (AvgIpc) is 3.26. The molecule has 0 amide bonds. The van der Waals surface area contributed by atoms with Gasteiger partial charge in [0, 0.05) is 20.6 Å². The lowest BCUT2D eigenvalue weighted by molar-refractivity contribution is 0.324. The molecule has 182 valence electrons. The molecule has 0 saturated carbocycles. The van der Waals surface area contributed by atoms with E-state index >= 15 is 0 Å². The fourth-order valence-corrected chi connectivity index (χ4v) is 4.07.